The average Bonchev–Trinajstić information content (AvgIpc) is 2.04. The van der Waals surface area contributed by atoms with Crippen molar-refractivity contribution >= 4 is 0 Å². The van der Waals surface area contributed by atoms with Gasteiger partial charge in [0.1, 0.15) is 0 Å². The lowest BCUT2D eigenvalue weighted by Crippen LogP contribution is -1.81. The Labute approximate surface area is 83.0 Å². The molecule has 0 heteroatoms. The highest BCUT2D eigenvalue weighted by atomic mass is 14.0. The van der Waals surface area contributed by atoms with E-state index in [1.807, 2.05) is 6.08 Å². The second kappa shape index (κ2) is 6.71. The quantitative estimate of drug-likeness (QED) is 0.327. The second-order valence-corrected chi connectivity index (χ2v) is 3.85. The van der Waals surface area contributed by atoms with Crippen LogP contribution in [0.25, 0.3) is 0 Å². The molecule has 0 aromatic heterocycles. The van der Waals surface area contributed by atoms with Crippen LogP contribution in [-0.4, -0.2) is 0 Å². The molecular weight excluding hydrogens is 156 g/mol. The Kier molecular flexibility index (Phi) is 6.30. The van der Waals surface area contributed by atoms with E-state index in [0.29, 0.717) is 0 Å². The molecule has 0 fully saturated rings. The molecule has 0 heterocycles. The first kappa shape index (κ1) is 12.2. The molecule has 74 valence electrons. The number of allylic oxidation sites excluding steroid dienone is 5. The van der Waals surface area contributed by atoms with Crippen LogP contribution in [0.5, 0.6) is 0 Å². The van der Waals surface area contributed by atoms with Crippen molar-refractivity contribution in [1.82, 2.24) is 0 Å². The zero-order chi connectivity index (χ0) is 10.3. The van der Waals surface area contributed by atoms with Gasteiger partial charge >= 0.3 is 0 Å². The topological polar surface area (TPSA) is 0 Å². The monoisotopic (exact) mass is 178 g/mol. The van der Waals surface area contributed by atoms with Gasteiger partial charge in [0.05, 0.1) is 0 Å². The Morgan fingerprint density at radius 2 is 1.77 bits per heavy atom. The first-order valence-corrected chi connectivity index (χ1v) is 5.00. The summed E-state index contributed by atoms with van der Waals surface area (Å²) >= 11 is 0. The summed E-state index contributed by atoms with van der Waals surface area (Å²) in [4.78, 5) is 0. The summed E-state index contributed by atoms with van der Waals surface area (Å²) in [6, 6.07) is 0. The summed E-state index contributed by atoms with van der Waals surface area (Å²) in [6.45, 7) is 12.4. The number of hydrogen-bond donors (Lipinski definition) is 0. The molecule has 0 rings (SSSR count). The molecule has 0 nitrogen and oxygen atoms in total. The molecule has 0 aliphatic rings. The molecule has 0 N–H and O–H groups in total. The lowest BCUT2D eigenvalue weighted by Gasteiger charge is -2.01. The van der Waals surface area contributed by atoms with Gasteiger partial charge in [-0.1, -0.05) is 28.9 Å². The van der Waals surface area contributed by atoms with Crippen LogP contribution in [0, 0.1) is 0 Å². The van der Waals surface area contributed by atoms with Gasteiger partial charge in [-0.15, -0.1) is 6.58 Å². The standard InChI is InChI=1S/C13H22/c1-6-7-8-9-12(4)10-13(5)11(2)3/h6,10H,1,7-9H2,2-5H3. The minimum absolute atomic E-state index is 1.12. The van der Waals surface area contributed by atoms with Crippen LogP contribution in [0.1, 0.15) is 47.0 Å². The van der Waals surface area contributed by atoms with Crippen molar-refractivity contribution < 1.29 is 0 Å². The molecule has 0 saturated heterocycles. The number of hydrogen-bond acceptors (Lipinski definition) is 0. The van der Waals surface area contributed by atoms with Crippen LogP contribution < -0.4 is 0 Å². The molecule has 0 amide bonds. The summed E-state index contributed by atoms with van der Waals surface area (Å²) in [7, 11) is 0. The van der Waals surface area contributed by atoms with Gasteiger partial charge in [-0.05, 0) is 47.0 Å². The summed E-state index contributed by atoms with van der Waals surface area (Å²) in [6.07, 6.45) is 7.82. The molecule has 0 atom stereocenters. The largest absolute Gasteiger partial charge is 0.103 e. The van der Waals surface area contributed by atoms with Gasteiger partial charge in [-0.2, -0.15) is 0 Å². The summed E-state index contributed by atoms with van der Waals surface area (Å²) < 4.78 is 0. The van der Waals surface area contributed by atoms with Crippen molar-refractivity contribution in [3.8, 4) is 0 Å². The molecular formula is C13H22. The number of unbranched alkanes of at least 4 members (excludes halogenated alkanes) is 1. The first-order chi connectivity index (χ1) is 6.07. The molecule has 0 radical (unpaired) electrons. The lowest BCUT2D eigenvalue weighted by molar-refractivity contribution is 0.832. The van der Waals surface area contributed by atoms with E-state index in [-0.39, 0.29) is 0 Å². The molecule has 13 heavy (non-hydrogen) atoms. The molecule has 0 saturated carbocycles. The highest BCUT2D eigenvalue weighted by Crippen LogP contribution is 2.12. The van der Waals surface area contributed by atoms with E-state index in [4.69, 9.17) is 0 Å². The van der Waals surface area contributed by atoms with Gasteiger partial charge in [0.2, 0.25) is 0 Å². The summed E-state index contributed by atoms with van der Waals surface area (Å²) in [5.74, 6) is 0. The smallest absolute Gasteiger partial charge is 0.0317 e. The van der Waals surface area contributed by atoms with Crippen LogP contribution in [0.4, 0.5) is 0 Å². The van der Waals surface area contributed by atoms with Crippen LogP contribution in [0.15, 0.2) is 35.5 Å². The van der Waals surface area contributed by atoms with Crippen LogP contribution in [0.3, 0.4) is 0 Å². The molecule has 0 unspecified atom stereocenters. The van der Waals surface area contributed by atoms with E-state index in [0.717, 1.165) is 6.42 Å². The maximum atomic E-state index is 3.72. The molecule has 0 aliphatic heterocycles. The SMILES string of the molecule is C=CCCCC(C)=CC(C)=C(C)C. The zero-order valence-electron chi connectivity index (χ0n) is 9.48. The Morgan fingerprint density at radius 3 is 2.23 bits per heavy atom. The van der Waals surface area contributed by atoms with Crippen molar-refractivity contribution in [2.45, 2.75) is 47.0 Å². The third-order valence-electron chi connectivity index (χ3n) is 2.23. The zero-order valence-corrected chi connectivity index (χ0v) is 9.48. The van der Waals surface area contributed by atoms with E-state index >= 15 is 0 Å². The predicted octanol–water partition coefficient (Wildman–Crippen LogP) is 4.65. The van der Waals surface area contributed by atoms with Crippen LogP contribution in [0.2, 0.25) is 0 Å². The van der Waals surface area contributed by atoms with Gasteiger partial charge in [0.25, 0.3) is 0 Å². The van der Waals surface area contributed by atoms with Gasteiger partial charge in [0.15, 0.2) is 0 Å². The Morgan fingerprint density at radius 1 is 1.15 bits per heavy atom. The average molecular weight is 178 g/mol. The fourth-order valence-corrected chi connectivity index (χ4v) is 1.11. The molecule has 0 aromatic carbocycles. The Balaban J connectivity index is 4.02. The minimum atomic E-state index is 1.12. The van der Waals surface area contributed by atoms with E-state index in [2.05, 4.69) is 40.3 Å². The van der Waals surface area contributed by atoms with E-state index in [1.54, 1.807) is 0 Å². The van der Waals surface area contributed by atoms with Gasteiger partial charge in [0, 0.05) is 0 Å². The van der Waals surface area contributed by atoms with E-state index < -0.39 is 0 Å². The summed E-state index contributed by atoms with van der Waals surface area (Å²) in [5.41, 5.74) is 4.28. The normalized spacial score (nSPS) is 11.2. The van der Waals surface area contributed by atoms with E-state index in [9.17, 15) is 0 Å². The predicted molar refractivity (Wildman–Crippen MR) is 61.9 cm³/mol. The molecule has 0 bridgehead atoms. The second-order valence-electron chi connectivity index (χ2n) is 3.85. The maximum Gasteiger partial charge on any atom is -0.0317 e. The molecule has 0 spiro atoms. The first-order valence-electron chi connectivity index (χ1n) is 5.00. The molecule has 0 aliphatic carbocycles. The van der Waals surface area contributed by atoms with Gasteiger partial charge in [-0.3, -0.25) is 0 Å². The minimum Gasteiger partial charge on any atom is -0.103 e. The summed E-state index contributed by atoms with van der Waals surface area (Å²) in [5, 5.41) is 0. The van der Waals surface area contributed by atoms with Crippen LogP contribution >= 0.6 is 0 Å². The maximum absolute atomic E-state index is 3.72. The van der Waals surface area contributed by atoms with Crippen LogP contribution in [-0.2, 0) is 0 Å². The van der Waals surface area contributed by atoms with Crippen molar-refractivity contribution in [2.24, 2.45) is 0 Å². The van der Waals surface area contributed by atoms with Gasteiger partial charge < -0.3 is 0 Å². The van der Waals surface area contributed by atoms with Crippen molar-refractivity contribution in [3.05, 3.63) is 35.5 Å². The van der Waals surface area contributed by atoms with Crippen molar-refractivity contribution in [1.29, 1.82) is 0 Å². The van der Waals surface area contributed by atoms with E-state index in [1.165, 1.54) is 29.6 Å². The Bertz CT molecular complexity index is 212. The lowest BCUT2D eigenvalue weighted by atomic mass is 10.1. The Hall–Kier alpha value is -0.780. The third-order valence-corrected chi connectivity index (χ3v) is 2.23. The number of rotatable bonds is 5. The van der Waals surface area contributed by atoms with Crippen molar-refractivity contribution in [2.75, 3.05) is 0 Å². The van der Waals surface area contributed by atoms with Crippen molar-refractivity contribution in [3.63, 3.8) is 0 Å². The fraction of sp³-hybridized carbons (Fsp3) is 0.538. The molecule has 0 aromatic rings. The fourth-order valence-electron chi connectivity index (χ4n) is 1.11. The van der Waals surface area contributed by atoms with Gasteiger partial charge in [-0.25, -0.2) is 0 Å². The highest BCUT2D eigenvalue weighted by molar-refractivity contribution is 5.24. The third kappa shape index (κ3) is 6.39. The highest BCUT2D eigenvalue weighted by Gasteiger charge is 1.91.